The molecule has 11 heavy (non-hydrogen) atoms. The minimum Gasteiger partial charge on any atom is -0.324 e. The van der Waals surface area contributed by atoms with Crippen LogP contribution in [0.3, 0.4) is 0 Å². The van der Waals surface area contributed by atoms with Crippen molar-refractivity contribution in [1.82, 2.24) is 9.72 Å². The van der Waals surface area contributed by atoms with E-state index in [0.29, 0.717) is 4.84 Å². The van der Waals surface area contributed by atoms with Crippen molar-refractivity contribution in [1.29, 1.82) is 0 Å². The summed E-state index contributed by atoms with van der Waals surface area (Å²) in [6.45, 7) is 5.05. The number of aromatic nitrogens is 2. The highest BCUT2D eigenvalue weighted by atomic mass is 32.1. The zero-order valence-corrected chi connectivity index (χ0v) is 7.65. The minimum absolute atomic E-state index is 0.490. The second-order valence-electron chi connectivity index (χ2n) is 2.37. The summed E-state index contributed by atoms with van der Waals surface area (Å²) in [5.74, 6) is 0.942. The summed E-state index contributed by atoms with van der Waals surface area (Å²) in [7, 11) is 0. The monoisotopic (exact) mass is 172 g/mol. The van der Waals surface area contributed by atoms with Gasteiger partial charge >= 0.3 is 0 Å². The molecule has 0 aliphatic rings. The van der Waals surface area contributed by atoms with E-state index in [1.54, 1.807) is 0 Å². The Kier molecular flexibility index (Phi) is 2.82. The van der Waals surface area contributed by atoms with Gasteiger partial charge in [-0.1, -0.05) is 19.0 Å². The topological polar surface area (TPSA) is 31.0 Å². The fourth-order valence-corrected chi connectivity index (χ4v) is 1.23. The van der Waals surface area contributed by atoms with E-state index in [2.05, 4.69) is 12.1 Å². The number of hydrogen-bond donors (Lipinski definition) is 0. The SMILES string of the molecule is CCCn1c(CC)noc1=S. The van der Waals surface area contributed by atoms with Crippen molar-refractivity contribution in [3.05, 3.63) is 10.7 Å². The first-order valence-electron chi connectivity index (χ1n) is 3.85. The highest BCUT2D eigenvalue weighted by Crippen LogP contribution is 2.02. The van der Waals surface area contributed by atoms with Crippen LogP contribution in [0, 0.1) is 4.84 Å². The predicted octanol–water partition coefficient (Wildman–Crippen LogP) is 2.18. The van der Waals surface area contributed by atoms with E-state index < -0.39 is 0 Å². The summed E-state index contributed by atoms with van der Waals surface area (Å²) >= 11 is 4.94. The average Bonchev–Trinajstić information content (AvgIpc) is 2.34. The van der Waals surface area contributed by atoms with Crippen molar-refractivity contribution in [3.63, 3.8) is 0 Å². The molecule has 0 aliphatic heterocycles. The maximum Gasteiger partial charge on any atom is 0.297 e. The van der Waals surface area contributed by atoms with E-state index in [9.17, 15) is 0 Å². The fraction of sp³-hybridized carbons (Fsp3) is 0.714. The Balaban J connectivity index is 2.97. The first kappa shape index (κ1) is 8.46. The molecule has 1 rings (SSSR count). The Morgan fingerprint density at radius 2 is 2.27 bits per heavy atom. The highest BCUT2D eigenvalue weighted by molar-refractivity contribution is 7.71. The van der Waals surface area contributed by atoms with E-state index in [-0.39, 0.29) is 0 Å². The summed E-state index contributed by atoms with van der Waals surface area (Å²) in [5, 5.41) is 3.84. The molecule has 0 N–H and O–H groups in total. The van der Waals surface area contributed by atoms with Crippen molar-refractivity contribution in [2.75, 3.05) is 0 Å². The smallest absolute Gasteiger partial charge is 0.297 e. The molecular formula is C7H12N2OS. The fourth-order valence-electron chi connectivity index (χ4n) is 0.995. The molecule has 0 unspecified atom stereocenters. The summed E-state index contributed by atoms with van der Waals surface area (Å²) in [5.41, 5.74) is 0. The van der Waals surface area contributed by atoms with E-state index in [1.807, 2.05) is 11.5 Å². The molecule has 0 bridgehead atoms. The Bertz CT molecular complexity index is 276. The van der Waals surface area contributed by atoms with Crippen molar-refractivity contribution < 1.29 is 4.52 Å². The Morgan fingerprint density at radius 1 is 1.55 bits per heavy atom. The second kappa shape index (κ2) is 3.67. The van der Waals surface area contributed by atoms with E-state index in [0.717, 1.165) is 25.2 Å². The van der Waals surface area contributed by atoms with Gasteiger partial charge in [0.15, 0.2) is 5.82 Å². The van der Waals surface area contributed by atoms with Crippen molar-refractivity contribution in [2.24, 2.45) is 0 Å². The molecule has 1 heterocycles. The molecule has 0 saturated heterocycles. The quantitative estimate of drug-likeness (QED) is 0.655. The molecule has 0 fully saturated rings. The zero-order valence-electron chi connectivity index (χ0n) is 6.83. The molecule has 0 saturated carbocycles. The number of nitrogens with zero attached hydrogens (tertiary/aromatic N) is 2. The molecule has 0 aromatic carbocycles. The van der Waals surface area contributed by atoms with Gasteiger partial charge in [0, 0.05) is 13.0 Å². The highest BCUT2D eigenvalue weighted by Gasteiger charge is 2.03. The average molecular weight is 172 g/mol. The number of hydrogen-bond acceptors (Lipinski definition) is 3. The second-order valence-corrected chi connectivity index (χ2v) is 2.72. The summed E-state index contributed by atoms with van der Waals surface area (Å²) in [4.78, 5) is 0.490. The van der Waals surface area contributed by atoms with Crippen LogP contribution in [0.4, 0.5) is 0 Å². The molecule has 1 aromatic heterocycles. The third-order valence-electron chi connectivity index (χ3n) is 1.52. The summed E-state index contributed by atoms with van der Waals surface area (Å²) < 4.78 is 6.81. The first-order valence-corrected chi connectivity index (χ1v) is 4.25. The van der Waals surface area contributed by atoms with Crippen molar-refractivity contribution in [2.45, 2.75) is 33.2 Å². The maximum absolute atomic E-state index is 4.94. The molecule has 0 amide bonds. The Hall–Kier alpha value is -0.640. The lowest BCUT2D eigenvalue weighted by molar-refractivity contribution is 0.392. The van der Waals surface area contributed by atoms with Crippen LogP contribution in [-0.4, -0.2) is 9.72 Å². The normalized spacial score (nSPS) is 10.4. The maximum atomic E-state index is 4.94. The van der Waals surface area contributed by atoms with Gasteiger partial charge in [0.2, 0.25) is 0 Å². The van der Waals surface area contributed by atoms with Crippen LogP contribution < -0.4 is 0 Å². The summed E-state index contributed by atoms with van der Waals surface area (Å²) in [6, 6.07) is 0. The van der Waals surface area contributed by atoms with Gasteiger partial charge in [-0.15, -0.1) is 0 Å². The lowest BCUT2D eigenvalue weighted by atomic mass is 10.4. The molecule has 0 spiro atoms. The Labute approximate surface area is 71.0 Å². The first-order chi connectivity index (χ1) is 5.29. The van der Waals surface area contributed by atoms with Crippen LogP contribution in [0.1, 0.15) is 26.1 Å². The van der Waals surface area contributed by atoms with Gasteiger partial charge in [-0.3, -0.25) is 4.57 Å². The van der Waals surface area contributed by atoms with Crippen LogP contribution in [-0.2, 0) is 13.0 Å². The van der Waals surface area contributed by atoms with E-state index in [4.69, 9.17) is 16.7 Å². The van der Waals surface area contributed by atoms with Crippen molar-refractivity contribution >= 4 is 12.2 Å². The van der Waals surface area contributed by atoms with Crippen LogP contribution >= 0.6 is 12.2 Å². The molecule has 0 atom stereocenters. The molecule has 1 aromatic rings. The van der Waals surface area contributed by atoms with Gasteiger partial charge in [0.1, 0.15) is 0 Å². The third kappa shape index (κ3) is 1.68. The van der Waals surface area contributed by atoms with Crippen LogP contribution in [0.2, 0.25) is 0 Å². The van der Waals surface area contributed by atoms with Crippen molar-refractivity contribution in [3.8, 4) is 0 Å². The zero-order chi connectivity index (χ0) is 8.27. The molecular weight excluding hydrogens is 160 g/mol. The lowest BCUT2D eigenvalue weighted by Gasteiger charge is -1.98. The van der Waals surface area contributed by atoms with Gasteiger partial charge in [-0.2, -0.15) is 0 Å². The van der Waals surface area contributed by atoms with E-state index >= 15 is 0 Å². The third-order valence-corrected chi connectivity index (χ3v) is 1.82. The Morgan fingerprint density at radius 3 is 2.82 bits per heavy atom. The van der Waals surface area contributed by atoms with Gasteiger partial charge in [-0.25, -0.2) is 0 Å². The lowest BCUT2D eigenvalue weighted by Crippen LogP contribution is -2.01. The predicted molar refractivity (Wildman–Crippen MR) is 45.0 cm³/mol. The largest absolute Gasteiger partial charge is 0.324 e. The van der Waals surface area contributed by atoms with Gasteiger partial charge in [0.25, 0.3) is 4.84 Å². The van der Waals surface area contributed by atoms with Gasteiger partial charge in [-0.05, 0) is 18.6 Å². The molecule has 0 aliphatic carbocycles. The molecule has 4 heteroatoms. The van der Waals surface area contributed by atoms with Crippen LogP contribution in [0.15, 0.2) is 4.52 Å². The minimum atomic E-state index is 0.490. The molecule has 3 nitrogen and oxygen atoms in total. The van der Waals surface area contributed by atoms with Gasteiger partial charge in [0.05, 0.1) is 0 Å². The summed E-state index contributed by atoms with van der Waals surface area (Å²) in [6.07, 6.45) is 1.93. The standard InChI is InChI=1S/C7H12N2OS/c1-3-5-9-6(4-2)8-10-7(9)11/h3-5H2,1-2H3. The number of rotatable bonds is 3. The molecule has 62 valence electrons. The van der Waals surface area contributed by atoms with Gasteiger partial charge < -0.3 is 4.52 Å². The number of aryl methyl sites for hydroxylation is 1. The van der Waals surface area contributed by atoms with E-state index in [1.165, 1.54) is 0 Å². The van der Waals surface area contributed by atoms with Crippen LogP contribution in [0.25, 0.3) is 0 Å². The molecule has 0 radical (unpaired) electrons. The van der Waals surface area contributed by atoms with Crippen LogP contribution in [0.5, 0.6) is 0 Å².